The maximum absolute atomic E-state index is 12.3. The summed E-state index contributed by atoms with van der Waals surface area (Å²) in [7, 11) is 0. The Bertz CT molecular complexity index is 1090. The molecular weight excluding hydrogens is 360 g/mol. The first kappa shape index (κ1) is 19.4. The van der Waals surface area contributed by atoms with Gasteiger partial charge in [-0.3, -0.25) is 4.98 Å². The number of ether oxygens (including phenoxy) is 1. The van der Waals surface area contributed by atoms with Gasteiger partial charge in [0.05, 0.1) is 16.9 Å². The minimum absolute atomic E-state index is 0.263. The largest absolute Gasteiger partial charge is 0.444 e. The third kappa shape index (κ3) is 4.88. The molecule has 1 unspecified atom stereocenters. The van der Waals surface area contributed by atoms with Crippen LogP contribution in [0.4, 0.5) is 4.79 Å². The Morgan fingerprint density at radius 1 is 1.14 bits per heavy atom. The van der Waals surface area contributed by atoms with Crippen molar-refractivity contribution in [1.82, 2.24) is 10.3 Å². The molecule has 0 saturated carbocycles. The van der Waals surface area contributed by atoms with Gasteiger partial charge < -0.3 is 14.5 Å². The van der Waals surface area contributed by atoms with Gasteiger partial charge in [-0.05, 0) is 50.5 Å². The molecule has 7 nitrogen and oxygen atoms in total. The smallest absolute Gasteiger partial charge is 0.419 e. The lowest BCUT2D eigenvalue weighted by molar-refractivity contribution is 0.0503. The van der Waals surface area contributed by atoms with Gasteiger partial charge in [0.1, 0.15) is 5.60 Å². The number of nitrogens with one attached hydrogen (secondary N) is 2. The summed E-state index contributed by atoms with van der Waals surface area (Å²) in [6, 6.07) is 14.2. The molecule has 28 heavy (non-hydrogen) atoms. The number of alkyl carbamates (subject to hydrolysis) is 1. The molecule has 1 amide bonds. The second kappa shape index (κ2) is 7.72. The molecule has 7 heteroatoms. The van der Waals surface area contributed by atoms with Gasteiger partial charge in [0, 0.05) is 0 Å². The van der Waals surface area contributed by atoms with E-state index in [0.717, 1.165) is 11.1 Å². The predicted octanol–water partition coefficient (Wildman–Crippen LogP) is 3.29. The first-order valence-corrected chi connectivity index (χ1v) is 8.92. The van der Waals surface area contributed by atoms with E-state index in [-0.39, 0.29) is 5.39 Å². The van der Waals surface area contributed by atoms with Crippen LogP contribution in [-0.2, 0) is 11.2 Å². The van der Waals surface area contributed by atoms with Crippen LogP contribution in [0, 0.1) is 0 Å². The fourth-order valence-corrected chi connectivity index (χ4v) is 2.89. The molecular formula is C21H22N2O5. The van der Waals surface area contributed by atoms with Crippen molar-refractivity contribution in [3.63, 3.8) is 0 Å². The SMILES string of the molecule is CC(C)(C)OC(=O)NC(Cc1ccccc1)c1ccc2c(=O)oc(=O)[nH]c2c1. The van der Waals surface area contributed by atoms with Gasteiger partial charge in [0.15, 0.2) is 0 Å². The van der Waals surface area contributed by atoms with E-state index in [9.17, 15) is 14.4 Å². The average Bonchev–Trinajstić information content (AvgIpc) is 2.59. The van der Waals surface area contributed by atoms with Crippen molar-refractivity contribution in [3.05, 3.63) is 80.6 Å². The van der Waals surface area contributed by atoms with E-state index in [1.165, 1.54) is 0 Å². The number of aromatic amines is 1. The standard InChI is InChI=1S/C21H22N2O5/c1-21(2,3)28-20(26)22-16(11-13-7-5-4-6-8-13)14-9-10-15-17(12-14)23-19(25)27-18(15)24/h4-10,12,16H,11H2,1-3H3,(H,22,26)(H,23,25). The fourth-order valence-electron chi connectivity index (χ4n) is 2.89. The molecule has 3 aromatic rings. The number of carbonyl (C=O) groups excluding carboxylic acids is 1. The van der Waals surface area contributed by atoms with Gasteiger partial charge in [0.2, 0.25) is 0 Å². The van der Waals surface area contributed by atoms with Crippen LogP contribution in [0.15, 0.2) is 62.5 Å². The van der Waals surface area contributed by atoms with Gasteiger partial charge in [0.25, 0.3) is 0 Å². The average molecular weight is 382 g/mol. The Labute approximate surface area is 161 Å². The van der Waals surface area contributed by atoms with E-state index in [1.807, 2.05) is 30.3 Å². The Kier molecular flexibility index (Phi) is 5.35. The molecule has 0 aliphatic rings. The first-order valence-electron chi connectivity index (χ1n) is 8.92. The summed E-state index contributed by atoms with van der Waals surface area (Å²) >= 11 is 0. The molecule has 0 spiro atoms. The number of fused-ring (bicyclic) bond motifs is 1. The Hall–Kier alpha value is -3.35. The zero-order valence-corrected chi connectivity index (χ0v) is 15.9. The third-order valence-electron chi connectivity index (χ3n) is 4.06. The van der Waals surface area contributed by atoms with Crippen LogP contribution in [0.25, 0.3) is 10.9 Å². The van der Waals surface area contributed by atoms with E-state index >= 15 is 0 Å². The summed E-state index contributed by atoms with van der Waals surface area (Å²) in [5, 5.41) is 3.14. The molecule has 1 aromatic heterocycles. The highest BCUT2D eigenvalue weighted by Gasteiger charge is 2.21. The zero-order valence-electron chi connectivity index (χ0n) is 15.9. The minimum atomic E-state index is -0.825. The Morgan fingerprint density at radius 2 is 1.86 bits per heavy atom. The first-order chi connectivity index (χ1) is 13.2. The van der Waals surface area contributed by atoms with Crippen LogP contribution < -0.4 is 16.7 Å². The number of carbonyl (C=O) groups is 1. The van der Waals surface area contributed by atoms with Gasteiger partial charge in [-0.25, -0.2) is 14.4 Å². The molecule has 1 atom stereocenters. The summed E-state index contributed by atoms with van der Waals surface area (Å²) in [5.74, 6) is -0.825. The predicted molar refractivity (Wildman–Crippen MR) is 105 cm³/mol. The summed E-state index contributed by atoms with van der Waals surface area (Å²) in [4.78, 5) is 38.2. The highest BCUT2D eigenvalue weighted by molar-refractivity contribution is 5.78. The number of hydrogen-bond donors (Lipinski definition) is 2. The summed E-state index contributed by atoms with van der Waals surface area (Å²) < 4.78 is 9.93. The molecule has 0 aliphatic heterocycles. The van der Waals surface area contributed by atoms with Crippen molar-refractivity contribution < 1.29 is 13.9 Å². The minimum Gasteiger partial charge on any atom is -0.444 e. The molecule has 2 N–H and O–H groups in total. The zero-order chi connectivity index (χ0) is 20.3. The molecule has 0 radical (unpaired) electrons. The normalized spacial score (nSPS) is 12.5. The number of rotatable bonds is 4. The van der Waals surface area contributed by atoms with Crippen molar-refractivity contribution in [2.45, 2.75) is 38.8 Å². The number of amides is 1. The number of hydrogen-bond acceptors (Lipinski definition) is 5. The highest BCUT2D eigenvalue weighted by Crippen LogP contribution is 2.22. The molecule has 0 aliphatic carbocycles. The highest BCUT2D eigenvalue weighted by atomic mass is 16.6. The van der Waals surface area contributed by atoms with Crippen molar-refractivity contribution in [3.8, 4) is 0 Å². The Balaban J connectivity index is 1.97. The molecule has 1 heterocycles. The van der Waals surface area contributed by atoms with Crippen molar-refractivity contribution >= 4 is 17.0 Å². The third-order valence-corrected chi connectivity index (χ3v) is 4.06. The van der Waals surface area contributed by atoms with Gasteiger partial charge in [-0.1, -0.05) is 36.4 Å². The fraction of sp³-hybridized carbons (Fsp3) is 0.286. The summed E-state index contributed by atoms with van der Waals surface area (Å²) in [6.45, 7) is 5.37. The van der Waals surface area contributed by atoms with Crippen LogP contribution in [0.3, 0.4) is 0 Å². The topological polar surface area (TPSA) is 101 Å². The number of H-pyrrole nitrogens is 1. The lowest BCUT2D eigenvalue weighted by atomic mass is 9.98. The van der Waals surface area contributed by atoms with Crippen LogP contribution >= 0.6 is 0 Å². The molecule has 2 aromatic carbocycles. The monoisotopic (exact) mass is 382 g/mol. The van der Waals surface area contributed by atoms with Crippen LogP contribution in [-0.4, -0.2) is 16.7 Å². The summed E-state index contributed by atoms with van der Waals surface area (Å²) in [6.07, 6.45) is -0.0355. The number of aromatic nitrogens is 1. The van der Waals surface area contributed by atoms with E-state index in [1.54, 1.807) is 39.0 Å². The quantitative estimate of drug-likeness (QED) is 0.721. The molecule has 0 fully saturated rings. The Morgan fingerprint density at radius 3 is 2.54 bits per heavy atom. The van der Waals surface area contributed by atoms with Crippen molar-refractivity contribution in [2.24, 2.45) is 0 Å². The molecule has 3 rings (SSSR count). The molecule has 0 bridgehead atoms. The van der Waals surface area contributed by atoms with E-state index < -0.39 is 29.1 Å². The van der Waals surface area contributed by atoms with E-state index in [0.29, 0.717) is 11.9 Å². The lowest BCUT2D eigenvalue weighted by Gasteiger charge is -2.24. The maximum Gasteiger partial charge on any atom is 0.419 e. The van der Waals surface area contributed by atoms with Crippen molar-refractivity contribution in [2.75, 3.05) is 0 Å². The molecule has 0 saturated heterocycles. The molecule has 146 valence electrons. The van der Waals surface area contributed by atoms with Crippen molar-refractivity contribution in [1.29, 1.82) is 0 Å². The van der Waals surface area contributed by atoms with E-state index in [2.05, 4.69) is 14.7 Å². The maximum atomic E-state index is 12.3. The number of benzene rings is 2. The van der Waals surface area contributed by atoms with Gasteiger partial charge in [-0.2, -0.15) is 0 Å². The van der Waals surface area contributed by atoms with E-state index in [4.69, 9.17) is 4.74 Å². The van der Waals surface area contributed by atoms with Crippen LogP contribution in [0.1, 0.15) is 37.9 Å². The van der Waals surface area contributed by atoms with Crippen LogP contribution in [0.2, 0.25) is 0 Å². The second-order valence-electron chi connectivity index (χ2n) is 7.50. The summed E-state index contributed by atoms with van der Waals surface area (Å²) in [5.41, 5.74) is 0.760. The second-order valence-corrected chi connectivity index (χ2v) is 7.50. The lowest BCUT2D eigenvalue weighted by Crippen LogP contribution is -2.35. The van der Waals surface area contributed by atoms with Gasteiger partial charge >= 0.3 is 17.5 Å². The van der Waals surface area contributed by atoms with Crippen LogP contribution in [0.5, 0.6) is 0 Å². The van der Waals surface area contributed by atoms with Gasteiger partial charge in [-0.15, -0.1) is 0 Å².